The van der Waals surface area contributed by atoms with Crippen LogP contribution >= 0.6 is 0 Å². The van der Waals surface area contributed by atoms with Gasteiger partial charge in [-0.25, -0.2) is 0 Å². The van der Waals surface area contributed by atoms with Crippen molar-refractivity contribution >= 4 is 0 Å². The largest absolute Gasteiger partial charge is 0.378 e. The summed E-state index contributed by atoms with van der Waals surface area (Å²) in [5.41, 5.74) is 0.435. The maximum atomic E-state index is 2.41. The van der Waals surface area contributed by atoms with Crippen molar-refractivity contribution in [2.45, 2.75) is 33.6 Å². The molecule has 1 aliphatic rings. The van der Waals surface area contributed by atoms with Gasteiger partial charge in [0, 0.05) is 13.1 Å². The summed E-state index contributed by atoms with van der Waals surface area (Å²) < 4.78 is 0. The third kappa shape index (κ3) is 2.57. The Labute approximate surface area is 70.1 Å². The van der Waals surface area contributed by atoms with Crippen LogP contribution in [0.5, 0.6) is 0 Å². The van der Waals surface area contributed by atoms with E-state index in [0.29, 0.717) is 5.41 Å². The average molecular weight is 153 g/mol. The highest BCUT2D eigenvalue weighted by molar-refractivity contribution is 4.99. The fraction of sp³-hybridized carbons (Fsp3) is 0.800. The van der Waals surface area contributed by atoms with E-state index in [1.807, 2.05) is 0 Å². The maximum absolute atomic E-state index is 2.41. The summed E-state index contributed by atoms with van der Waals surface area (Å²) in [6.45, 7) is 9.27. The summed E-state index contributed by atoms with van der Waals surface area (Å²) in [6, 6.07) is 0. The van der Waals surface area contributed by atoms with Gasteiger partial charge >= 0.3 is 0 Å². The van der Waals surface area contributed by atoms with E-state index >= 15 is 0 Å². The second-order valence-corrected chi connectivity index (χ2v) is 4.09. The molecule has 0 aromatic rings. The first kappa shape index (κ1) is 8.63. The van der Waals surface area contributed by atoms with Gasteiger partial charge in [0.25, 0.3) is 0 Å². The Kier molecular flexibility index (Phi) is 2.58. The SMILES string of the molecule is CCCN1C=CC(C)(C)CC1. The molecule has 0 fully saturated rings. The molecule has 11 heavy (non-hydrogen) atoms. The van der Waals surface area contributed by atoms with Gasteiger partial charge in [-0.1, -0.05) is 26.8 Å². The molecule has 0 radical (unpaired) electrons. The zero-order chi connectivity index (χ0) is 8.32. The van der Waals surface area contributed by atoms with Crippen LogP contribution in [0, 0.1) is 5.41 Å². The lowest BCUT2D eigenvalue weighted by molar-refractivity contribution is 0.278. The van der Waals surface area contributed by atoms with Gasteiger partial charge in [0.1, 0.15) is 0 Å². The van der Waals surface area contributed by atoms with E-state index in [1.54, 1.807) is 0 Å². The smallest absolute Gasteiger partial charge is 0.0180 e. The Hall–Kier alpha value is -0.460. The second kappa shape index (κ2) is 3.29. The van der Waals surface area contributed by atoms with Gasteiger partial charge in [-0.15, -0.1) is 0 Å². The predicted molar refractivity (Wildman–Crippen MR) is 49.4 cm³/mol. The van der Waals surface area contributed by atoms with Crippen LogP contribution in [0.15, 0.2) is 12.3 Å². The summed E-state index contributed by atoms with van der Waals surface area (Å²) in [4.78, 5) is 2.41. The molecular formula is C10H19N. The van der Waals surface area contributed by atoms with E-state index in [0.717, 1.165) is 0 Å². The van der Waals surface area contributed by atoms with Crippen LogP contribution in [0.3, 0.4) is 0 Å². The van der Waals surface area contributed by atoms with Gasteiger partial charge in [0.15, 0.2) is 0 Å². The zero-order valence-corrected chi connectivity index (χ0v) is 7.93. The highest BCUT2D eigenvalue weighted by atomic mass is 15.1. The standard InChI is InChI=1S/C10H19N/c1-4-7-11-8-5-10(2,3)6-9-11/h5,8H,4,6-7,9H2,1-3H3. The highest BCUT2D eigenvalue weighted by Crippen LogP contribution is 2.26. The number of hydrogen-bond donors (Lipinski definition) is 0. The van der Waals surface area contributed by atoms with E-state index in [1.165, 1.54) is 25.9 Å². The molecule has 0 saturated carbocycles. The number of hydrogen-bond acceptors (Lipinski definition) is 1. The molecule has 1 rings (SSSR count). The molecule has 0 saturated heterocycles. The topological polar surface area (TPSA) is 3.24 Å². The van der Waals surface area contributed by atoms with Crippen molar-refractivity contribution in [1.29, 1.82) is 0 Å². The minimum absolute atomic E-state index is 0.435. The third-order valence-electron chi connectivity index (χ3n) is 2.29. The van der Waals surface area contributed by atoms with Gasteiger partial charge in [-0.2, -0.15) is 0 Å². The van der Waals surface area contributed by atoms with Crippen LogP contribution in [0.2, 0.25) is 0 Å². The first-order valence-corrected chi connectivity index (χ1v) is 4.57. The third-order valence-corrected chi connectivity index (χ3v) is 2.29. The van der Waals surface area contributed by atoms with Crippen molar-refractivity contribution in [1.82, 2.24) is 4.90 Å². The van der Waals surface area contributed by atoms with E-state index in [2.05, 4.69) is 37.9 Å². The van der Waals surface area contributed by atoms with E-state index < -0.39 is 0 Å². The molecule has 1 aliphatic heterocycles. The van der Waals surface area contributed by atoms with E-state index in [4.69, 9.17) is 0 Å². The van der Waals surface area contributed by atoms with Crippen LogP contribution < -0.4 is 0 Å². The Bertz CT molecular complexity index is 147. The number of rotatable bonds is 2. The van der Waals surface area contributed by atoms with Crippen molar-refractivity contribution < 1.29 is 0 Å². The Morgan fingerprint density at radius 1 is 1.45 bits per heavy atom. The summed E-state index contributed by atoms with van der Waals surface area (Å²) in [5.74, 6) is 0. The molecule has 1 heteroatoms. The molecule has 1 heterocycles. The fourth-order valence-corrected chi connectivity index (χ4v) is 1.37. The molecule has 1 nitrogen and oxygen atoms in total. The monoisotopic (exact) mass is 153 g/mol. The summed E-state index contributed by atoms with van der Waals surface area (Å²) in [5, 5.41) is 0. The lowest BCUT2D eigenvalue weighted by Crippen LogP contribution is -2.28. The van der Waals surface area contributed by atoms with Gasteiger partial charge in [0.2, 0.25) is 0 Å². The van der Waals surface area contributed by atoms with Gasteiger partial charge in [0.05, 0.1) is 0 Å². The van der Waals surface area contributed by atoms with Crippen LogP contribution in [0.4, 0.5) is 0 Å². The van der Waals surface area contributed by atoms with Gasteiger partial charge < -0.3 is 4.90 Å². The quantitative estimate of drug-likeness (QED) is 0.589. The van der Waals surface area contributed by atoms with Crippen LogP contribution in [0.25, 0.3) is 0 Å². The maximum Gasteiger partial charge on any atom is 0.0180 e. The number of nitrogens with zero attached hydrogens (tertiary/aromatic N) is 1. The Balaban J connectivity index is 2.43. The highest BCUT2D eigenvalue weighted by Gasteiger charge is 2.18. The van der Waals surface area contributed by atoms with Crippen molar-refractivity contribution in [3.05, 3.63) is 12.3 Å². The van der Waals surface area contributed by atoms with Crippen molar-refractivity contribution in [3.63, 3.8) is 0 Å². The average Bonchev–Trinajstić information content (AvgIpc) is 1.94. The van der Waals surface area contributed by atoms with Crippen LogP contribution in [-0.2, 0) is 0 Å². The van der Waals surface area contributed by atoms with Gasteiger partial charge in [-0.3, -0.25) is 0 Å². The normalized spacial score (nSPS) is 22.3. The second-order valence-electron chi connectivity index (χ2n) is 4.09. The molecule has 64 valence electrons. The molecule has 0 aromatic carbocycles. The van der Waals surface area contributed by atoms with Gasteiger partial charge in [-0.05, 0) is 24.5 Å². The Morgan fingerprint density at radius 2 is 2.18 bits per heavy atom. The first-order valence-electron chi connectivity index (χ1n) is 4.57. The first-order chi connectivity index (χ1) is 5.14. The summed E-state index contributed by atoms with van der Waals surface area (Å²) in [7, 11) is 0. The lowest BCUT2D eigenvalue weighted by Gasteiger charge is -2.31. The molecule has 0 unspecified atom stereocenters. The molecular weight excluding hydrogens is 134 g/mol. The molecule has 0 aromatic heterocycles. The van der Waals surface area contributed by atoms with Crippen LogP contribution in [-0.4, -0.2) is 18.0 Å². The molecule has 0 spiro atoms. The molecule has 0 bridgehead atoms. The van der Waals surface area contributed by atoms with E-state index in [9.17, 15) is 0 Å². The van der Waals surface area contributed by atoms with Crippen LogP contribution in [0.1, 0.15) is 33.6 Å². The molecule has 0 aliphatic carbocycles. The number of allylic oxidation sites excluding steroid dienone is 1. The van der Waals surface area contributed by atoms with Crippen molar-refractivity contribution in [2.75, 3.05) is 13.1 Å². The predicted octanol–water partition coefficient (Wildman–Crippen LogP) is 2.64. The molecule has 0 amide bonds. The van der Waals surface area contributed by atoms with Crippen molar-refractivity contribution in [3.8, 4) is 0 Å². The Morgan fingerprint density at radius 3 is 2.64 bits per heavy atom. The zero-order valence-electron chi connectivity index (χ0n) is 7.93. The summed E-state index contributed by atoms with van der Waals surface area (Å²) >= 11 is 0. The minimum Gasteiger partial charge on any atom is -0.378 e. The molecule has 0 atom stereocenters. The van der Waals surface area contributed by atoms with E-state index in [-0.39, 0.29) is 0 Å². The minimum atomic E-state index is 0.435. The summed E-state index contributed by atoms with van der Waals surface area (Å²) in [6.07, 6.45) is 7.13. The molecule has 0 N–H and O–H groups in total. The fourth-order valence-electron chi connectivity index (χ4n) is 1.37. The van der Waals surface area contributed by atoms with Crippen molar-refractivity contribution in [2.24, 2.45) is 5.41 Å². The lowest BCUT2D eigenvalue weighted by atomic mass is 9.87.